The molecule has 0 saturated carbocycles. The molecule has 2 aromatic carbocycles. The Bertz CT molecular complexity index is 1400. The minimum atomic E-state index is -1.19. The summed E-state index contributed by atoms with van der Waals surface area (Å²) in [6.45, 7) is 8.64. The lowest BCUT2D eigenvalue weighted by atomic mass is 9.93. The van der Waals surface area contributed by atoms with E-state index in [1.165, 1.54) is 5.56 Å². The SMILES string of the molecule is Cc1cccc(CNC(=O)[C@@]2(C)Cn3nc(-c4ccco4)cc3C(=O)N2c2ccc(C(C)C)cc2)c1. The first-order valence-electron chi connectivity index (χ1n) is 12.2. The molecule has 1 atom stereocenters. The molecule has 1 aliphatic rings. The van der Waals surface area contributed by atoms with Crippen molar-refractivity contribution in [1.82, 2.24) is 15.1 Å². The molecule has 0 bridgehead atoms. The molecule has 3 heterocycles. The van der Waals surface area contributed by atoms with Gasteiger partial charge in [0.15, 0.2) is 5.76 Å². The Balaban J connectivity index is 1.53. The Hall–Kier alpha value is -4.13. The quantitative estimate of drug-likeness (QED) is 0.404. The van der Waals surface area contributed by atoms with Gasteiger partial charge in [-0.3, -0.25) is 19.2 Å². The van der Waals surface area contributed by atoms with Crippen LogP contribution < -0.4 is 10.2 Å². The van der Waals surface area contributed by atoms with Gasteiger partial charge in [0.1, 0.15) is 16.9 Å². The van der Waals surface area contributed by atoms with Crippen molar-refractivity contribution in [2.75, 3.05) is 4.90 Å². The maximum Gasteiger partial charge on any atom is 0.277 e. The van der Waals surface area contributed by atoms with E-state index in [1.54, 1.807) is 41.0 Å². The van der Waals surface area contributed by atoms with Gasteiger partial charge in [0.05, 0.1) is 12.8 Å². The molecule has 4 aromatic rings. The molecule has 7 heteroatoms. The Morgan fingerprint density at radius 2 is 1.89 bits per heavy atom. The van der Waals surface area contributed by atoms with E-state index in [9.17, 15) is 9.59 Å². The number of carbonyl (C=O) groups excluding carboxylic acids is 2. The number of aryl methyl sites for hydroxylation is 1. The summed E-state index contributed by atoms with van der Waals surface area (Å²) in [6.07, 6.45) is 1.57. The average molecular weight is 483 g/mol. The fraction of sp³-hybridized carbons (Fsp3) is 0.276. The van der Waals surface area contributed by atoms with Gasteiger partial charge in [-0.15, -0.1) is 0 Å². The average Bonchev–Trinajstić information content (AvgIpc) is 3.53. The van der Waals surface area contributed by atoms with Gasteiger partial charge < -0.3 is 9.73 Å². The van der Waals surface area contributed by atoms with Gasteiger partial charge in [-0.1, -0.05) is 55.8 Å². The highest BCUT2D eigenvalue weighted by Crippen LogP contribution is 2.35. The van der Waals surface area contributed by atoms with Crippen molar-refractivity contribution in [3.63, 3.8) is 0 Å². The maximum absolute atomic E-state index is 13.9. The molecule has 36 heavy (non-hydrogen) atoms. The van der Waals surface area contributed by atoms with Gasteiger partial charge >= 0.3 is 0 Å². The van der Waals surface area contributed by atoms with Gasteiger partial charge in [0.2, 0.25) is 5.91 Å². The highest BCUT2D eigenvalue weighted by atomic mass is 16.3. The lowest BCUT2D eigenvalue weighted by molar-refractivity contribution is -0.126. The summed E-state index contributed by atoms with van der Waals surface area (Å²) in [7, 11) is 0. The molecule has 184 valence electrons. The van der Waals surface area contributed by atoms with Crippen LogP contribution in [0.5, 0.6) is 0 Å². The van der Waals surface area contributed by atoms with E-state index in [0.29, 0.717) is 35.3 Å². The summed E-state index contributed by atoms with van der Waals surface area (Å²) in [5, 5.41) is 7.67. The molecular formula is C29H30N4O3. The standard InChI is InChI=1S/C29H30N4O3/c1-19(2)22-10-12-23(13-11-22)33-27(34)25-16-24(26-9-6-14-36-26)31-32(25)18-29(33,4)28(35)30-17-21-8-5-7-20(3)15-21/h5-16,19H,17-18H2,1-4H3,(H,30,35)/t29-/m1/s1. The molecule has 0 radical (unpaired) electrons. The monoisotopic (exact) mass is 482 g/mol. The second-order valence-electron chi connectivity index (χ2n) is 9.88. The third kappa shape index (κ3) is 4.21. The first-order chi connectivity index (χ1) is 17.3. The lowest BCUT2D eigenvalue weighted by Crippen LogP contribution is -2.64. The first kappa shape index (κ1) is 23.6. The van der Waals surface area contributed by atoms with Crippen molar-refractivity contribution in [3.8, 4) is 11.5 Å². The van der Waals surface area contributed by atoms with Gasteiger partial charge in [-0.25, -0.2) is 0 Å². The number of nitrogens with zero attached hydrogens (tertiary/aromatic N) is 3. The summed E-state index contributed by atoms with van der Waals surface area (Å²) in [6, 6.07) is 21.2. The summed E-state index contributed by atoms with van der Waals surface area (Å²) in [5.74, 6) is 0.406. The van der Waals surface area contributed by atoms with Crippen LogP contribution in [-0.2, 0) is 17.9 Å². The minimum Gasteiger partial charge on any atom is -0.463 e. The van der Waals surface area contributed by atoms with E-state index in [2.05, 4.69) is 24.3 Å². The molecule has 0 unspecified atom stereocenters. The van der Waals surface area contributed by atoms with E-state index in [4.69, 9.17) is 4.42 Å². The van der Waals surface area contributed by atoms with E-state index in [0.717, 1.165) is 11.1 Å². The molecule has 5 rings (SSSR count). The molecule has 1 N–H and O–H groups in total. The van der Waals surface area contributed by atoms with Crippen LogP contribution in [0, 0.1) is 6.92 Å². The number of fused-ring (bicyclic) bond motifs is 1. The number of nitrogens with one attached hydrogen (secondary N) is 1. The van der Waals surface area contributed by atoms with Crippen LogP contribution in [0.3, 0.4) is 0 Å². The number of aromatic nitrogens is 2. The fourth-order valence-corrected chi connectivity index (χ4v) is 4.73. The predicted octanol–water partition coefficient (Wildman–Crippen LogP) is 5.31. The number of benzene rings is 2. The molecule has 7 nitrogen and oxygen atoms in total. The molecule has 0 aliphatic carbocycles. The molecular weight excluding hydrogens is 452 g/mol. The molecule has 1 aliphatic heterocycles. The van der Waals surface area contributed by atoms with E-state index < -0.39 is 5.54 Å². The van der Waals surface area contributed by atoms with Crippen LogP contribution in [0.1, 0.15) is 53.9 Å². The fourth-order valence-electron chi connectivity index (χ4n) is 4.73. The van der Waals surface area contributed by atoms with Crippen LogP contribution >= 0.6 is 0 Å². The van der Waals surface area contributed by atoms with E-state index in [-0.39, 0.29) is 18.4 Å². The van der Waals surface area contributed by atoms with Crippen LogP contribution in [0.4, 0.5) is 5.69 Å². The lowest BCUT2D eigenvalue weighted by Gasteiger charge is -2.43. The number of anilines is 1. The van der Waals surface area contributed by atoms with Gasteiger partial charge in [-0.2, -0.15) is 5.10 Å². The highest BCUT2D eigenvalue weighted by Gasteiger charge is 2.49. The third-order valence-electron chi connectivity index (χ3n) is 6.77. The molecule has 0 spiro atoms. The normalized spacial score (nSPS) is 17.4. The molecule has 2 aromatic heterocycles. The largest absolute Gasteiger partial charge is 0.463 e. The Morgan fingerprint density at radius 1 is 1.11 bits per heavy atom. The van der Waals surface area contributed by atoms with E-state index >= 15 is 0 Å². The van der Waals surface area contributed by atoms with Crippen molar-refractivity contribution in [3.05, 3.63) is 95.4 Å². The topological polar surface area (TPSA) is 80.4 Å². The number of hydrogen-bond acceptors (Lipinski definition) is 4. The third-order valence-corrected chi connectivity index (χ3v) is 6.77. The smallest absolute Gasteiger partial charge is 0.277 e. The van der Waals surface area contributed by atoms with Crippen LogP contribution in [0.15, 0.2) is 77.4 Å². The minimum absolute atomic E-state index is 0.209. The number of hydrogen-bond donors (Lipinski definition) is 1. The number of rotatable bonds is 6. The van der Waals surface area contributed by atoms with E-state index in [1.807, 2.05) is 55.5 Å². The predicted molar refractivity (Wildman–Crippen MR) is 139 cm³/mol. The van der Waals surface area contributed by atoms with Gasteiger partial charge in [0.25, 0.3) is 5.91 Å². The zero-order valence-electron chi connectivity index (χ0n) is 21.0. The molecule has 0 fully saturated rings. The van der Waals surface area contributed by atoms with Gasteiger partial charge in [-0.05, 0) is 55.2 Å². The van der Waals surface area contributed by atoms with Crippen LogP contribution in [0.25, 0.3) is 11.5 Å². The second kappa shape index (κ2) is 9.15. The number of carbonyl (C=O) groups is 2. The Kier molecular flexibility index (Phi) is 6.00. The van der Waals surface area contributed by atoms with Crippen molar-refractivity contribution in [2.45, 2.75) is 52.2 Å². The van der Waals surface area contributed by atoms with Crippen molar-refractivity contribution in [1.29, 1.82) is 0 Å². The van der Waals surface area contributed by atoms with Crippen LogP contribution in [-0.4, -0.2) is 27.1 Å². The van der Waals surface area contributed by atoms with Gasteiger partial charge in [0, 0.05) is 18.3 Å². The Morgan fingerprint density at radius 3 is 2.56 bits per heavy atom. The molecule has 2 amide bonds. The number of amides is 2. The second-order valence-corrected chi connectivity index (χ2v) is 9.88. The Labute approximate surface area is 210 Å². The van der Waals surface area contributed by atoms with Crippen molar-refractivity contribution < 1.29 is 14.0 Å². The zero-order valence-corrected chi connectivity index (χ0v) is 21.0. The van der Waals surface area contributed by atoms with Crippen molar-refractivity contribution in [2.24, 2.45) is 0 Å². The zero-order chi connectivity index (χ0) is 25.4. The van der Waals surface area contributed by atoms with Crippen LogP contribution in [0.2, 0.25) is 0 Å². The number of furan rings is 1. The highest BCUT2D eigenvalue weighted by molar-refractivity contribution is 6.12. The summed E-state index contributed by atoms with van der Waals surface area (Å²) in [4.78, 5) is 29.3. The summed E-state index contributed by atoms with van der Waals surface area (Å²) in [5.41, 5.74) is 3.74. The van der Waals surface area contributed by atoms with Crippen molar-refractivity contribution >= 4 is 17.5 Å². The molecule has 0 saturated heterocycles. The maximum atomic E-state index is 13.9. The first-order valence-corrected chi connectivity index (χ1v) is 12.2. The summed E-state index contributed by atoms with van der Waals surface area (Å²) >= 11 is 0. The summed E-state index contributed by atoms with van der Waals surface area (Å²) < 4.78 is 7.11.